The van der Waals surface area contributed by atoms with E-state index in [1.54, 1.807) is 37.6 Å². The van der Waals surface area contributed by atoms with Gasteiger partial charge in [0, 0.05) is 30.4 Å². The Kier molecular flexibility index (Phi) is 5.30. The quantitative estimate of drug-likeness (QED) is 0.589. The zero-order valence-electron chi connectivity index (χ0n) is 16.5. The lowest BCUT2D eigenvalue weighted by Gasteiger charge is -2.14. The smallest absolute Gasteiger partial charge is 0.263 e. The van der Waals surface area contributed by atoms with E-state index in [0.717, 1.165) is 16.8 Å². The monoisotopic (exact) mass is 401 g/mol. The number of hydrogen-bond donors (Lipinski definition) is 0. The van der Waals surface area contributed by atoms with E-state index in [9.17, 15) is 9.59 Å². The molecule has 1 aliphatic rings. The van der Waals surface area contributed by atoms with Crippen LogP contribution in [0.5, 0.6) is 5.88 Å². The highest BCUT2D eigenvalue weighted by molar-refractivity contribution is 6.27. The Morgan fingerprint density at radius 2 is 2.00 bits per heavy atom. The van der Waals surface area contributed by atoms with Crippen LogP contribution in [0, 0.1) is 5.92 Å². The van der Waals surface area contributed by atoms with Gasteiger partial charge in [0.15, 0.2) is 5.78 Å². The number of nitrogens with zero attached hydrogens (tertiary/aromatic N) is 5. The van der Waals surface area contributed by atoms with Crippen molar-refractivity contribution in [2.75, 3.05) is 12.1 Å². The Bertz CT molecular complexity index is 1110. The van der Waals surface area contributed by atoms with Crippen molar-refractivity contribution >= 4 is 23.1 Å². The van der Waals surface area contributed by atoms with Crippen LogP contribution in [0.3, 0.4) is 0 Å². The molecule has 1 atom stereocenters. The zero-order valence-corrected chi connectivity index (χ0v) is 16.5. The van der Waals surface area contributed by atoms with Crippen molar-refractivity contribution in [2.24, 2.45) is 11.0 Å². The molecular weight excluding hydrogens is 382 g/mol. The van der Waals surface area contributed by atoms with E-state index in [1.165, 1.54) is 18.3 Å². The summed E-state index contributed by atoms with van der Waals surface area (Å²) in [5.74, 6) is -1.06. The highest BCUT2D eigenvalue weighted by Crippen LogP contribution is 2.26. The Balaban J connectivity index is 1.51. The molecule has 0 radical (unpaired) electrons. The second-order valence-electron chi connectivity index (χ2n) is 6.82. The number of methoxy groups -OCH3 is 1. The van der Waals surface area contributed by atoms with Crippen LogP contribution in [-0.2, 0) is 16.0 Å². The fourth-order valence-corrected chi connectivity index (χ4v) is 3.33. The number of amides is 1. The van der Waals surface area contributed by atoms with Crippen molar-refractivity contribution in [3.05, 3.63) is 66.7 Å². The van der Waals surface area contributed by atoms with Crippen LogP contribution < -0.4 is 9.75 Å². The van der Waals surface area contributed by atoms with Gasteiger partial charge in [-0.1, -0.05) is 18.2 Å². The highest BCUT2D eigenvalue weighted by Gasteiger charge is 2.39. The fraction of sp³-hybridized carbons (Fsp3) is 0.182. The molecule has 3 aromatic rings. The number of benzene rings is 1. The second-order valence-corrected chi connectivity index (χ2v) is 6.82. The van der Waals surface area contributed by atoms with Crippen molar-refractivity contribution in [3.8, 4) is 17.1 Å². The minimum atomic E-state index is -0.910. The summed E-state index contributed by atoms with van der Waals surface area (Å²) in [6.45, 7) is 1.69. The molecular formula is C22H19N5O3. The molecule has 30 heavy (non-hydrogen) atoms. The van der Waals surface area contributed by atoms with Crippen LogP contribution in [-0.4, -0.2) is 39.5 Å². The van der Waals surface area contributed by atoms with Gasteiger partial charge in [0.2, 0.25) is 5.88 Å². The summed E-state index contributed by atoms with van der Waals surface area (Å²) in [6.07, 6.45) is 6.50. The largest absolute Gasteiger partial charge is 0.481 e. The molecule has 0 spiro atoms. The molecule has 8 nitrogen and oxygen atoms in total. The van der Waals surface area contributed by atoms with Crippen LogP contribution in [0.4, 0.5) is 5.69 Å². The molecule has 1 aromatic carbocycles. The normalized spacial score (nSPS) is 15.8. The number of Topliss-reactive ketones (excluding diaryl/α,β-unsaturated/α-hetero) is 1. The predicted octanol–water partition coefficient (Wildman–Crippen LogP) is 2.70. The van der Waals surface area contributed by atoms with Crippen LogP contribution in [0.1, 0.15) is 12.5 Å². The first kappa shape index (κ1) is 19.4. The summed E-state index contributed by atoms with van der Waals surface area (Å²) < 4.78 is 5.03. The number of carbonyl (C=O) groups excluding carboxylic acids is 2. The van der Waals surface area contributed by atoms with Gasteiger partial charge in [0.05, 0.1) is 36.6 Å². The lowest BCUT2D eigenvalue weighted by Crippen LogP contribution is -2.33. The fourth-order valence-electron chi connectivity index (χ4n) is 3.33. The summed E-state index contributed by atoms with van der Waals surface area (Å²) in [5, 5.41) is 5.51. The molecule has 0 saturated heterocycles. The average molecular weight is 401 g/mol. The van der Waals surface area contributed by atoms with Crippen LogP contribution >= 0.6 is 0 Å². The van der Waals surface area contributed by atoms with Crippen molar-refractivity contribution in [2.45, 2.75) is 13.3 Å². The Morgan fingerprint density at radius 3 is 2.70 bits per heavy atom. The molecule has 1 amide bonds. The van der Waals surface area contributed by atoms with Gasteiger partial charge in [-0.25, -0.2) is 4.98 Å². The van der Waals surface area contributed by atoms with E-state index >= 15 is 0 Å². The van der Waals surface area contributed by atoms with E-state index in [0.29, 0.717) is 17.3 Å². The molecule has 8 heteroatoms. The van der Waals surface area contributed by atoms with E-state index < -0.39 is 5.92 Å². The Morgan fingerprint density at radius 1 is 1.13 bits per heavy atom. The first-order valence-corrected chi connectivity index (χ1v) is 9.34. The van der Waals surface area contributed by atoms with Gasteiger partial charge in [-0.2, -0.15) is 10.1 Å². The maximum Gasteiger partial charge on any atom is 0.263 e. The van der Waals surface area contributed by atoms with Gasteiger partial charge in [-0.05, 0) is 24.6 Å². The number of ketones is 1. The summed E-state index contributed by atoms with van der Waals surface area (Å²) in [7, 11) is 1.51. The molecule has 0 aliphatic carbocycles. The molecule has 0 bridgehead atoms. The third kappa shape index (κ3) is 3.80. The molecule has 0 fully saturated rings. The Labute approximate surface area is 173 Å². The summed E-state index contributed by atoms with van der Waals surface area (Å²) in [4.78, 5) is 38.3. The summed E-state index contributed by atoms with van der Waals surface area (Å²) >= 11 is 0. The predicted molar refractivity (Wildman–Crippen MR) is 111 cm³/mol. The first-order valence-electron chi connectivity index (χ1n) is 9.34. The number of pyridine rings is 1. The van der Waals surface area contributed by atoms with Crippen LogP contribution in [0.15, 0.2) is 66.3 Å². The topological polar surface area (TPSA) is 97.6 Å². The lowest BCUT2D eigenvalue weighted by atomic mass is 9.93. The van der Waals surface area contributed by atoms with Gasteiger partial charge in [0.1, 0.15) is 5.92 Å². The molecule has 4 rings (SSSR count). The van der Waals surface area contributed by atoms with E-state index in [-0.39, 0.29) is 18.1 Å². The average Bonchev–Trinajstić information content (AvgIpc) is 3.08. The number of aromatic nitrogens is 3. The van der Waals surface area contributed by atoms with E-state index in [1.807, 2.05) is 24.3 Å². The molecule has 1 aliphatic heterocycles. The third-order valence-corrected chi connectivity index (χ3v) is 4.79. The summed E-state index contributed by atoms with van der Waals surface area (Å²) in [5.41, 5.74) is 3.33. The second kappa shape index (κ2) is 8.20. The Hall–Kier alpha value is -3.94. The zero-order chi connectivity index (χ0) is 21.1. The SMILES string of the molecule is COc1ccc(N2N=C(C)C(C(=O)Cc3cccc(-c4cnccn4)c3)C2=O)cn1. The summed E-state index contributed by atoms with van der Waals surface area (Å²) in [6, 6.07) is 10.8. The van der Waals surface area contributed by atoms with E-state index in [4.69, 9.17) is 4.74 Å². The molecule has 1 unspecified atom stereocenters. The van der Waals surface area contributed by atoms with Crippen LogP contribution in [0.25, 0.3) is 11.3 Å². The van der Waals surface area contributed by atoms with Gasteiger partial charge < -0.3 is 4.74 Å². The van der Waals surface area contributed by atoms with Gasteiger partial charge >= 0.3 is 0 Å². The third-order valence-electron chi connectivity index (χ3n) is 4.79. The number of hydrogen-bond acceptors (Lipinski definition) is 7. The minimum Gasteiger partial charge on any atom is -0.481 e. The number of hydrazone groups is 1. The molecule has 150 valence electrons. The maximum absolute atomic E-state index is 13.0. The number of ether oxygens (including phenoxy) is 1. The molecule has 0 N–H and O–H groups in total. The van der Waals surface area contributed by atoms with Gasteiger partial charge in [-0.3, -0.25) is 19.6 Å². The minimum absolute atomic E-state index is 0.117. The first-order chi connectivity index (χ1) is 14.6. The van der Waals surface area contributed by atoms with Gasteiger partial charge in [0.25, 0.3) is 5.91 Å². The van der Waals surface area contributed by atoms with Crippen molar-refractivity contribution in [1.82, 2.24) is 15.0 Å². The molecule has 0 saturated carbocycles. The van der Waals surface area contributed by atoms with Gasteiger partial charge in [-0.15, -0.1) is 0 Å². The van der Waals surface area contributed by atoms with E-state index in [2.05, 4.69) is 20.1 Å². The van der Waals surface area contributed by atoms with Crippen molar-refractivity contribution < 1.29 is 14.3 Å². The highest BCUT2D eigenvalue weighted by atomic mass is 16.5. The standard InChI is InChI=1S/C22H19N5O3/c1-14-21(22(29)27(26-14)17-6-7-20(30-2)25-12-17)19(28)11-15-4-3-5-16(10-15)18-13-23-8-9-24-18/h3-10,12-13,21H,11H2,1-2H3. The van der Waals surface area contributed by atoms with Crippen molar-refractivity contribution in [3.63, 3.8) is 0 Å². The number of anilines is 1. The van der Waals surface area contributed by atoms with Crippen LogP contribution in [0.2, 0.25) is 0 Å². The molecule has 2 aromatic heterocycles. The maximum atomic E-state index is 13.0. The number of rotatable bonds is 6. The lowest BCUT2D eigenvalue weighted by molar-refractivity contribution is -0.128. The number of carbonyl (C=O) groups is 2. The molecule has 3 heterocycles. The van der Waals surface area contributed by atoms with Crippen molar-refractivity contribution in [1.29, 1.82) is 0 Å².